The summed E-state index contributed by atoms with van der Waals surface area (Å²) in [5.74, 6) is 0.130. The first-order valence-electron chi connectivity index (χ1n) is 7.35. The zero-order chi connectivity index (χ0) is 15.6. The molecule has 0 bridgehead atoms. The maximum Gasteiger partial charge on any atom is 0.243 e. The molecule has 2 rings (SSSR count). The van der Waals surface area contributed by atoms with Crippen LogP contribution in [0.3, 0.4) is 0 Å². The number of rotatable bonds is 5. The van der Waals surface area contributed by atoms with Gasteiger partial charge in [-0.25, -0.2) is 12.8 Å². The molecule has 1 heterocycles. The maximum absolute atomic E-state index is 13.5. The highest BCUT2D eigenvalue weighted by Gasteiger charge is 2.36. The second-order valence-electron chi connectivity index (χ2n) is 5.81. The molecular weight excluding hydrogens is 291 g/mol. The second-order valence-corrected chi connectivity index (χ2v) is 7.72. The lowest BCUT2D eigenvalue weighted by molar-refractivity contribution is 0.461. The Morgan fingerprint density at radius 3 is 2.48 bits per heavy atom. The lowest BCUT2D eigenvalue weighted by Crippen LogP contribution is -2.30. The molecule has 21 heavy (non-hydrogen) atoms. The average molecular weight is 314 g/mol. The highest BCUT2D eigenvalue weighted by Crippen LogP contribution is 2.29. The highest BCUT2D eigenvalue weighted by atomic mass is 32.2. The Labute approximate surface area is 126 Å². The van der Waals surface area contributed by atoms with Gasteiger partial charge in [0.2, 0.25) is 10.0 Å². The van der Waals surface area contributed by atoms with Crippen LogP contribution in [0.5, 0.6) is 0 Å². The van der Waals surface area contributed by atoms with Gasteiger partial charge in [-0.2, -0.15) is 4.31 Å². The molecule has 4 nitrogen and oxygen atoms in total. The minimum absolute atomic E-state index is 0.0877. The number of benzene rings is 1. The molecule has 2 unspecified atom stereocenters. The maximum atomic E-state index is 13.5. The van der Waals surface area contributed by atoms with Crippen molar-refractivity contribution in [3.63, 3.8) is 0 Å². The van der Waals surface area contributed by atoms with Crippen LogP contribution in [0.25, 0.3) is 0 Å². The lowest BCUT2D eigenvalue weighted by Gasteiger charge is -2.19. The van der Waals surface area contributed by atoms with Gasteiger partial charge >= 0.3 is 0 Å². The van der Waals surface area contributed by atoms with E-state index in [9.17, 15) is 12.8 Å². The summed E-state index contributed by atoms with van der Waals surface area (Å²) in [6.45, 7) is 8.19. The molecule has 1 fully saturated rings. The van der Waals surface area contributed by atoms with Crippen molar-refractivity contribution in [1.29, 1.82) is 0 Å². The van der Waals surface area contributed by atoms with Crippen LogP contribution in [0.4, 0.5) is 4.39 Å². The van der Waals surface area contributed by atoms with Crippen molar-refractivity contribution >= 4 is 10.0 Å². The Balaban J connectivity index is 2.37. The van der Waals surface area contributed by atoms with Crippen LogP contribution in [0, 0.1) is 17.7 Å². The number of sulfonamides is 1. The standard InChI is InChI=1S/C15H23FN2O2S/c1-4-17-8-13-5-6-14(16)7-15(13)21(19,20)18-9-11(2)12(3)10-18/h5-7,11-12,17H,4,8-10H2,1-3H3. The second kappa shape index (κ2) is 6.42. The number of hydrogen-bond donors (Lipinski definition) is 1. The zero-order valence-corrected chi connectivity index (χ0v) is 13.6. The first-order valence-corrected chi connectivity index (χ1v) is 8.79. The van der Waals surface area contributed by atoms with Crippen LogP contribution in [-0.2, 0) is 16.6 Å². The van der Waals surface area contributed by atoms with E-state index < -0.39 is 15.8 Å². The Bertz CT molecular complexity index is 594. The lowest BCUT2D eigenvalue weighted by atomic mass is 10.0. The summed E-state index contributed by atoms with van der Waals surface area (Å²) in [6.07, 6.45) is 0. The number of hydrogen-bond acceptors (Lipinski definition) is 3. The molecule has 1 aliphatic rings. The van der Waals surface area contributed by atoms with E-state index in [4.69, 9.17) is 0 Å². The van der Waals surface area contributed by atoms with E-state index in [1.807, 2.05) is 20.8 Å². The summed E-state index contributed by atoms with van der Waals surface area (Å²) in [4.78, 5) is 0.0877. The van der Waals surface area contributed by atoms with E-state index in [2.05, 4.69) is 5.32 Å². The van der Waals surface area contributed by atoms with Crippen molar-refractivity contribution in [1.82, 2.24) is 9.62 Å². The van der Waals surface area contributed by atoms with Crippen LogP contribution < -0.4 is 5.32 Å². The smallest absolute Gasteiger partial charge is 0.243 e. The fourth-order valence-electron chi connectivity index (χ4n) is 2.59. The molecule has 0 aromatic heterocycles. The average Bonchev–Trinajstić information content (AvgIpc) is 2.78. The molecule has 0 aliphatic carbocycles. The Kier molecular flexibility index (Phi) is 5.01. The summed E-state index contributed by atoms with van der Waals surface area (Å²) >= 11 is 0. The fourth-order valence-corrected chi connectivity index (χ4v) is 4.46. The normalized spacial score (nSPS) is 23.6. The van der Waals surface area contributed by atoms with Crippen LogP contribution in [-0.4, -0.2) is 32.4 Å². The summed E-state index contributed by atoms with van der Waals surface area (Å²) in [6, 6.07) is 3.99. The molecule has 0 radical (unpaired) electrons. The van der Waals surface area contributed by atoms with E-state index in [0.717, 1.165) is 12.6 Å². The van der Waals surface area contributed by atoms with Gasteiger partial charge in [-0.3, -0.25) is 0 Å². The molecule has 1 aromatic carbocycles. The minimum atomic E-state index is -3.63. The van der Waals surface area contributed by atoms with Crippen LogP contribution >= 0.6 is 0 Å². The summed E-state index contributed by atoms with van der Waals surface area (Å²) in [5.41, 5.74) is 0.616. The van der Waals surface area contributed by atoms with Gasteiger partial charge in [-0.1, -0.05) is 26.8 Å². The molecule has 0 saturated carbocycles. The van der Waals surface area contributed by atoms with Crippen molar-refractivity contribution in [2.45, 2.75) is 32.2 Å². The summed E-state index contributed by atoms with van der Waals surface area (Å²) in [5, 5.41) is 3.10. The van der Waals surface area contributed by atoms with Crippen LogP contribution in [0.15, 0.2) is 23.1 Å². The van der Waals surface area contributed by atoms with E-state index in [0.29, 0.717) is 37.0 Å². The molecule has 6 heteroatoms. The molecule has 1 aromatic rings. The van der Waals surface area contributed by atoms with Gasteiger partial charge in [-0.15, -0.1) is 0 Å². The van der Waals surface area contributed by atoms with Gasteiger partial charge in [0.05, 0.1) is 4.90 Å². The molecule has 2 atom stereocenters. The quantitative estimate of drug-likeness (QED) is 0.906. The zero-order valence-electron chi connectivity index (χ0n) is 12.8. The van der Waals surface area contributed by atoms with E-state index >= 15 is 0 Å². The molecule has 0 spiro atoms. The van der Waals surface area contributed by atoms with Crippen molar-refractivity contribution in [2.75, 3.05) is 19.6 Å². The predicted octanol–water partition coefficient (Wildman–Crippen LogP) is 2.21. The Hall–Kier alpha value is -0.980. The van der Waals surface area contributed by atoms with E-state index in [-0.39, 0.29) is 4.90 Å². The summed E-state index contributed by atoms with van der Waals surface area (Å²) in [7, 11) is -3.63. The fraction of sp³-hybridized carbons (Fsp3) is 0.600. The molecule has 118 valence electrons. The minimum Gasteiger partial charge on any atom is -0.313 e. The van der Waals surface area contributed by atoms with Gasteiger partial charge in [-0.05, 0) is 36.1 Å². The largest absolute Gasteiger partial charge is 0.313 e. The summed E-state index contributed by atoms with van der Waals surface area (Å²) < 4.78 is 40.6. The van der Waals surface area contributed by atoms with Crippen LogP contribution in [0.2, 0.25) is 0 Å². The number of nitrogens with one attached hydrogen (secondary N) is 1. The van der Waals surface area contributed by atoms with E-state index in [1.165, 1.54) is 10.4 Å². The Morgan fingerprint density at radius 2 is 1.90 bits per heavy atom. The number of nitrogens with zero attached hydrogens (tertiary/aromatic N) is 1. The van der Waals surface area contributed by atoms with Gasteiger partial charge in [0.15, 0.2) is 0 Å². The first kappa shape index (κ1) is 16.4. The third-order valence-electron chi connectivity index (χ3n) is 4.17. The molecule has 1 N–H and O–H groups in total. The third kappa shape index (κ3) is 3.44. The third-order valence-corrected chi connectivity index (χ3v) is 6.08. The molecule has 1 saturated heterocycles. The van der Waals surface area contributed by atoms with Crippen molar-refractivity contribution in [3.8, 4) is 0 Å². The van der Waals surface area contributed by atoms with E-state index in [1.54, 1.807) is 6.07 Å². The van der Waals surface area contributed by atoms with Gasteiger partial charge in [0, 0.05) is 19.6 Å². The van der Waals surface area contributed by atoms with Crippen molar-refractivity contribution in [2.24, 2.45) is 11.8 Å². The monoisotopic (exact) mass is 314 g/mol. The van der Waals surface area contributed by atoms with Crippen molar-refractivity contribution in [3.05, 3.63) is 29.6 Å². The number of halogens is 1. The molecule has 0 amide bonds. The predicted molar refractivity (Wildman–Crippen MR) is 80.9 cm³/mol. The highest BCUT2D eigenvalue weighted by molar-refractivity contribution is 7.89. The van der Waals surface area contributed by atoms with Crippen molar-refractivity contribution < 1.29 is 12.8 Å². The first-order chi connectivity index (χ1) is 9.86. The molecule has 1 aliphatic heterocycles. The van der Waals surface area contributed by atoms with Gasteiger partial charge in [0.1, 0.15) is 5.82 Å². The van der Waals surface area contributed by atoms with Gasteiger partial charge in [0.25, 0.3) is 0 Å². The molecular formula is C15H23FN2O2S. The SMILES string of the molecule is CCNCc1ccc(F)cc1S(=O)(=O)N1CC(C)C(C)C1. The van der Waals surface area contributed by atoms with Crippen LogP contribution in [0.1, 0.15) is 26.3 Å². The topological polar surface area (TPSA) is 49.4 Å². The van der Waals surface area contributed by atoms with Gasteiger partial charge < -0.3 is 5.32 Å². The Morgan fingerprint density at radius 1 is 1.29 bits per heavy atom.